The summed E-state index contributed by atoms with van der Waals surface area (Å²) in [5.41, 5.74) is 3.74. The van der Waals surface area contributed by atoms with Gasteiger partial charge in [-0.25, -0.2) is 0 Å². The molecule has 0 spiro atoms. The molecule has 3 aromatic rings. The molecule has 0 amide bonds. The highest BCUT2D eigenvalue weighted by molar-refractivity contribution is 6.36. The fraction of sp³-hybridized carbons (Fsp3) is 0.167. The summed E-state index contributed by atoms with van der Waals surface area (Å²) in [5.74, 6) is -0.840. The molecule has 0 aliphatic carbocycles. The number of hydrogen-bond donors (Lipinski definition) is 1. The van der Waals surface area contributed by atoms with E-state index in [9.17, 15) is 4.79 Å². The number of carbonyl (C=O) groups is 1. The highest BCUT2D eigenvalue weighted by Crippen LogP contribution is 2.28. The lowest BCUT2D eigenvalue weighted by molar-refractivity contribution is -0.136. The van der Waals surface area contributed by atoms with Crippen molar-refractivity contribution in [1.82, 2.24) is 4.57 Å². The predicted molar refractivity (Wildman–Crippen MR) is 93.6 cm³/mol. The van der Waals surface area contributed by atoms with Crippen LogP contribution in [0.4, 0.5) is 0 Å². The van der Waals surface area contributed by atoms with Gasteiger partial charge in [0.15, 0.2) is 0 Å². The van der Waals surface area contributed by atoms with Gasteiger partial charge in [0, 0.05) is 32.7 Å². The van der Waals surface area contributed by atoms with Crippen LogP contribution in [0.15, 0.2) is 42.6 Å². The number of aliphatic carboxylic acids is 1. The van der Waals surface area contributed by atoms with Gasteiger partial charge >= 0.3 is 5.97 Å². The van der Waals surface area contributed by atoms with Gasteiger partial charge in [-0.2, -0.15) is 0 Å². The number of benzene rings is 2. The average molecular weight is 348 g/mol. The van der Waals surface area contributed by atoms with Crippen LogP contribution in [-0.2, 0) is 17.8 Å². The van der Waals surface area contributed by atoms with E-state index in [1.165, 1.54) is 0 Å². The maximum atomic E-state index is 10.9. The number of rotatable bonds is 4. The molecule has 0 radical (unpaired) electrons. The Morgan fingerprint density at radius 1 is 1.17 bits per heavy atom. The third kappa shape index (κ3) is 3.21. The third-order valence-electron chi connectivity index (χ3n) is 3.89. The average Bonchev–Trinajstić information content (AvgIpc) is 2.78. The number of carboxylic acid groups (broad SMARTS) is 1. The van der Waals surface area contributed by atoms with Crippen molar-refractivity contribution in [1.29, 1.82) is 0 Å². The maximum Gasteiger partial charge on any atom is 0.307 e. The van der Waals surface area contributed by atoms with Crippen molar-refractivity contribution < 1.29 is 9.90 Å². The van der Waals surface area contributed by atoms with E-state index in [2.05, 4.69) is 4.57 Å². The molecule has 0 aliphatic heterocycles. The fourth-order valence-electron chi connectivity index (χ4n) is 2.79. The lowest BCUT2D eigenvalue weighted by atomic mass is 10.1. The summed E-state index contributed by atoms with van der Waals surface area (Å²) in [6, 6.07) is 11.2. The van der Waals surface area contributed by atoms with E-state index < -0.39 is 5.97 Å². The predicted octanol–water partition coefficient (Wildman–Crippen LogP) is 4.93. The van der Waals surface area contributed by atoms with Crippen LogP contribution in [0.5, 0.6) is 0 Å². The van der Waals surface area contributed by atoms with Crippen molar-refractivity contribution in [2.24, 2.45) is 0 Å². The van der Waals surface area contributed by atoms with Crippen LogP contribution >= 0.6 is 23.2 Å². The number of fused-ring (bicyclic) bond motifs is 1. The molecule has 0 aliphatic rings. The molecule has 3 rings (SSSR count). The molecule has 3 nitrogen and oxygen atoms in total. The summed E-state index contributed by atoms with van der Waals surface area (Å²) in [7, 11) is 0. The van der Waals surface area contributed by atoms with Crippen LogP contribution in [0, 0.1) is 6.92 Å². The summed E-state index contributed by atoms with van der Waals surface area (Å²) >= 11 is 12.5. The Morgan fingerprint density at radius 3 is 2.52 bits per heavy atom. The SMILES string of the molecule is Cc1cn(Cc2c(Cl)cccc2Cl)c2cc(CC(=O)O)ccc12. The van der Waals surface area contributed by atoms with Crippen LogP contribution in [0.1, 0.15) is 16.7 Å². The van der Waals surface area contributed by atoms with Gasteiger partial charge in [0.2, 0.25) is 0 Å². The summed E-state index contributed by atoms with van der Waals surface area (Å²) in [5, 5.41) is 11.3. The smallest absolute Gasteiger partial charge is 0.307 e. The Morgan fingerprint density at radius 2 is 1.87 bits per heavy atom. The molecule has 0 bridgehead atoms. The minimum Gasteiger partial charge on any atom is -0.481 e. The Bertz CT molecular complexity index is 879. The highest BCUT2D eigenvalue weighted by Gasteiger charge is 2.11. The van der Waals surface area contributed by atoms with Gasteiger partial charge in [-0.05, 0) is 36.2 Å². The van der Waals surface area contributed by atoms with Gasteiger partial charge < -0.3 is 9.67 Å². The van der Waals surface area contributed by atoms with Gasteiger partial charge in [0.25, 0.3) is 0 Å². The van der Waals surface area contributed by atoms with Crippen molar-refractivity contribution in [2.45, 2.75) is 19.9 Å². The number of nitrogens with zero attached hydrogens (tertiary/aromatic N) is 1. The fourth-order valence-corrected chi connectivity index (χ4v) is 3.31. The number of aromatic nitrogens is 1. The Kier molecular flexibility index (Phi) is 4.33. The first-order chi connectivity index (χ1) is 11.0. The lowest BCUT2D eigenvalue weighted by Crippen LogP contribution is -2.02. The number of carboxylic acids is 1. The first kappa shape index (κ1) is 15.9. The van der Waals surface area contributed by atoms with Crippen molar-refractivity contribution in [2.75, 3.05) is 0 Å². The van der Waals surface area contributed by atoms with Gasteiger partial charge in [-0.15, -0.1) is 0 Å². The molecule has 0 fully saturated rings. The molecule has 2 aromatic carbocycles. The number of halogens is 2. The lowest BCUT2D eigenvalue weighted by Gasteiger charge is -2.10. The normalized spacial score (nSPS) is 11.1. The van der Waals surface area contributed by atoms with Crippen molar-refractivity contribution in [3.8, 4) is 0 Å². The molecule has 5 heteroatoms. The van der Waals surface area contributed by atoms with Gasteiger partial charge in [-0.3, -0.25) is 4.79 Å². The molecule has 1 N–H and O–H groups in total. The summed E-state index contributed by atoms with van der Waals surface area (Å²) in [6.45, 7) is 2.57. The Balaban J connectivity index is 2.08. The third-order valence-corrected chi connectivity index (χ3v) is 4.60. The molecule has 0 saturated heterocycles. The van der Waals surface area contributed by atoms with Gasteiger partial charge in [0.05, 0.1) is 13.0 Å². The monoisotopic (exact) mass is 347 g/mol. The molecule has 1 heterocycles. The highest BCUT2D eigenvalue weighted by atomic mass is 35.5. The first-order valence-corrected chi connectivity index (χ1v) is 7.94. The molecule has 0 saturated carbocycles. The minimum absolute atomic E-state index is 0.00696. The second-order valence-electron chi connectivity index (χ2n) is 5.56. The maximum absolute atomic E-state index is 10.9. The minimum atomic E-state index is -0.840. The first-order valence-electron chi connectivity index (χ1n) is 7.19. The molecule has 0 unspecified atom stereocenters. The van der Waals surface area contributed by atoms with Gasteiger partial charge in [0.1, 0.15) is 0 Å². The molecule has 23 heavy (non-hydrogen) atoms. The van der Waals surface area contributed by atoms with E-state index in [0.717, 1.165) is 27.6 Å². The molecular weight excluding hydrogens is 333 g/mol. The van der Waals surface area contributed by atoms with E-state index >= 15 is 0 Å². The summed E-state index contributed by atoms with van der Waals surface area (Å²) in [4.78, 5) is 10.9. The van der Waals surface area contributed by atoms with E-state index in [1.54, 1.807) is 0 Å². The van der Waals surface area contributed by atoms with Crippen molar-refractivity contribution in [3.63, 3.8) is 0 Å². The Hall–Kier alpha value is -1.97. The van der Waals surface area contributed by atoms with Gasteiger partial charge in [-0.1, -0.05) is 41.4 Å². The van der Waals surface area contributed by atoms with Crippen LogP contribution in [0.25, 0.3) is 10.9 Å². The quantitative estimate of drug-likeness (QED) is 0.726. The van der Waals surface area contributed by atoms with Crippen LogP contribution in [0.3, 0.4) is 0 Å². The zero-order chi connectivity index (χ0) is 16.6. The summed E-state index contributed by atoms with van der Waals surface area (Å²) < 4.78 is 2.06. The van der Waals surface area contributed by atoms with Crippen LogP contribution in [-0.4, -0.2) is 15.6 Å². The van der Waals surface area contributed by atoms with E-state index in [0.29, 0.717) is 16.6 Å². The van der Waals surface area contributed by atoms with Crippen LogP contribution in [0.2, 0.25) is 10.0 Å². The summed E-state index contributed by atoms with van der Waals surface area (Å²) in [6.07, 6.45) is 2.04. The largest absolute Gasteiger partial charge is 0.481 e. The molecule has 118 valence electrons. The van der Waals surface area contributed by atoms with E-state index in [1.807, 2.05) is 49.5 Å². The Labute approximate surface area is 144 Å². The standard InChI is InChI=1S/C18H15Cl2NO2/c1-11-9-21(10-14-15(19)3-2-4-16(14)20)17-7-12(8-18(22)23)5-6-13(11)17/h2-7,9H,8,10H2,1H3,(H,22,23). The van der Waals surface area contributed by atoms with E-state index in [4.69, 9.17) is 28.3 Å². The van der Waals surface area contributed by atoms with Crippen LogP contribution < -0.4 is 0 Å². The second kappa shape index (κ2) is 6.26. The number of aryl methyl sites for hydroxylation is 1. The number of hydrogen-bond acceptors (Lipinski definition) is 1. The topological polar surface area (TPSA) is 42.2 Å². The zero-order valence-electron chi connectivity index (χ0n) is 12.5. The molecule has 0 atom stereocenters. The van der Waals surface area contributed by atoms with E-state index in [-0.39, 0.29) is 6.42 Å². The molecule has 1 aromatic heterocycles. The molecular formula is C18H15Cl2NO2. The van der Waals surface area contributed by atoms with Crippen molar-refractivity contribution >= 4 is 40.1 Å². The second-order valence-corrected chi connectivity index (χ2v) is 6.38. The van der Waals surface area contributed by atoms with Crippen molar-refractivity contribution in [3.05, 3.63) is 69.3 Å². The zero-order valence-corrected chi connectivity index (χ0v) is 14.0.